The average Bonchev–Trinajstić information content (AvgIpc) is 2.36. The van der Waals surface area contributed by atoms with Crippen LogP contribution in [0.3, 0.4) is 0 Å². The van der Waals surface area contributed by atoms with E-state index in [0.717, 1.165) is 16.3 Å². The summed E-state index contributed by atoms with van der Waals surface area (Å²) in [5.74, 6) is 0. The SMILES string of the molecule is CS(=O)(=O)c1cccc(NCc2cccc(Br)c2)c1N. The van der Waals surface area contributed by atoms with Gasteiger partial charge in [0.1, 0.15) is 0 Å². The monoisotopic (exact) mass is 354 g/mol. The van der Waals surface area contributed by atoms with E-state index in [4.69, 9.17) is 5.73 Å². The molecule has 6 heteroatoms. The van der Waals surface area contributed by atoms with Crippen LogP contribution in [0.1, 0.15) is 5.56 Å². The number of hydrogen-bond donors (Lipinski definition) is 2. The van der Waals surface area contributed by atoms with Crippen LogP contribution in [-0.2, 0) is 16.4 Å². The molecule has 0 aliphatic heterocycles. The molecule has 3 N–H and O–H groups in total. The van der Waals surface area contributed by atoms with Crippen molar-refractivity contribution in [1.82, 2.24) is 0 Å². The Kier molecular flexibility index (Phi) is 4.35. The summed E-state index contributed by atoms with van der Waals surface area (Å²) in [5, 5.41) is 3.16. The van der Waals surface area contributed by atoms with Crippen LogP contribution in [-0.4, -0.2) is 14.7 Å². The zero-order valence-corrected chi connectivity index (χ0v) is 13.3. The summed E-state index contributed by atoms with van der Waals surface area (Å²) in [6, 6.07) is 12.8. The molecule has 2 aromatic rings. The fourth-order valence-corrected chi connectivity index (χ4v) is 3.15. The summed E-state index contributed by atoms with van der Waals surface area (Å²) in [7, 11) is -3.32. The third-order valence-electron chi connectivity index (χ3n) is 2.84. The molecule has 2 aromatic carbocycles. The zero-order valence-electron chi connectivity index (χ0n) is 10.9. The molecular formula is C14H15BrN2O2S. The molecule has 0 atom stereocenters. The van der Waals surface area contributed by atoms with Crippen molar-refractivity contribution in [2.45, 2.75) is 11.4 Å². The quantitative estimate of drug-likeness (QED) is 0.827. The summed E-state index contributed by atoms with van der Waals surface area (Å²) in [4.78, 5) is 0.150. The number of hydrogen-bond acceptors (Lipinski definition) is 4. The molecule has 0 aliphatic rings. The summed E-state index contributed by atoms with van der Waals surface area (Å²) < 4.78 is 24.2. The number of anilines is 2. The number of nitrogen functional groups attached to an aromatic ring is 1. The van der Waals surface area contributed by atoms with Gasteiger partial charge in [-0.05, 0) is 29.8 Å². The lowest BCUT2D eigenvalue weighted by molar-refractivity contribution is 0.602. The molecule has 0 unspecified atom stereocenters. The number of nitrogens with two attached hydrogens (primary N) is 1. The molecule has 0 saturated carbocycles. The average molecular weight is 355 g/mol. The van der Waals surface area contributed by atoms with Crippen molar-refractivity contribution in [2.75, 3.05) is 17.3 Å². The van der Waals surface area contributed by atoms with E-state index in [1.165, 1.54) is 6.07 Å². The highest BCUT2D eigenvalue weighted by atomic mass is 79.9. The van der Waals surface area contributed by atoms with Gasteiger partial charge in [0.2, 0.25) is 0 Å². The Balaban J connectivity index is 2.23. The molecule has 0 fully saturated rings. The number of benzene rings is 2. The second kappa shape index (κ2) is 5.85. The first-order valence-corrected chi connectivity index (χ1v) is 8.63. The van der Waals surface area contributed by atoms with Crippen LogP contribution < -0.4 is 11.1 Å². The number of sulfone groups is 1. The highest BCUT2D eigenvalue weighted by Crippen LogP contribution is 2.27. The van der Waals surface area contributed by atoms with Gasteiger partial charge in [0.15, 0.2) is 9.84 Å². The zero-order chi connectivity index (χ0) is 14.8. The lowest BCUT2D eigenvalue weighted by Gasteiger charge is -2.12. The summed E-state index contributed by atoms with van der Waals surface area (Å²) >= 11 is 3.41. The molecule has 0 heterocycles. The Bertz CT molecular complexity index is 730. The Morgan fingerprint density at radius 3 is 2.55 bits per heavy atom. The van der Waals surface area contributed by atoms with Crippen LogP contribution in [0.25, 0.3) is 0 Å². The first-order chi connectivity index (χ1) is 9.38. The van der Waals surface area contributed by atoms with Gasteiger partial charge >= 0.3 is 0 Å². The van der Waals surface area contributed by atoms with Gasteiger partial charge in [0.05, 0.1) is 16.3 Å². The van der Waals surface area contributed by atoms with E-state index in [1.54, 1.807) is 12.1 Å². The predicted molar refractivity (Wildman–Crippen MR) is 85.4 cm³/mol. The number of halogens is 1. The van der Waals surface area contributed by atoms with Gasteiger partial charge in [-0.1, -0.05) is 34.1 Å². The van der Waals surface area contributed by atoms with E-state index in [0.29, 0.717) is 12.2 Å². The third-order valence-corrected chi connectivity index (χ3v) is 4.49. The van der Waals surface area contributed by atoms with Gasteiger partial charge in [-0.2, -0.15) is 0 Å². The van der Waals surface area contributed by atoms with Crippen LogP contribution in [0.15, 0.2) is 51.8 Å². The predicted octanol–water partition coefficient (Wildman–Crippen LogP) is 3.05. The molecule has 106 valence electrons. The standard InChI is InChI=1S/C14H15BrN2O2S/c1-20(18,19)13-7-3-6-12(14(13)16)17-9-10-4-2-5-11(15)8-10/h2-8,17H,9,16H2,1H3. The molecule has 0 aromatic heterocycles. The lowest BCUT2D eigenvalue weighted by Crippen LogP contribution is -2.07. The van der Waals surface area contributed by atoms with E-state index >= 15 is 0 Å². The Morgan fingerprint density at radius 2 is 1.90 bits per heavy atom. The van der Waals surface area contributed by atoms with Gasteiger partial charge in [-0.15, -0.1) is 0 Å². The topological polar surface area (TPSA) is 72.2 Å². The van der Waals surface area contributed by atoms with Crippen LogP contribution in [0.5, 0.6) is 0 Å². The molecule has 0 spiro atoms. The van der Waals surface area contributed by atoms with Crippen molar-refractivity contribution in [3.8, 4) is 0 Å². The van der Waals surface area contributed by atoms with Gasteiger partial charge in [-0.25, -0.2) is 8.42 Å². The van der Waals surface area contributed by atoms with Crippen LogP contribution in [0, 0.1) is 0 Å². The molecule has 2 rings (SSSR count). The Labute approximate surface area is 127 Å². The number of rotatable bonds is 4. The molecule has 4 nitrogen and oxygen atoms in total. The highest BCUT2D eigenvalue weighted by Gasteiger charge is 2.13. The van der Waals surface area contributed by atoms with Crippen molar-refractivity contribution in [1.29, 1.82) is 0 Å². The highest BCUT2D eigenvalue weighted by molar-refractivity contribution is 9.10. The summed E-state index contributed by atoms with van der Waals surface area (Å²) in [6.45, 7) is 0.566. The molecule has 0 bridgehead atoms. The van der Waals surface area contributed by atoms with Crippen molar-refractivity contribution in [3.05, 3.63) is 52.5 Å². The largest absolute Gasteiger partial charge is 0.396 e. The molecular weight excluding hydrogens is 340 g/mol. The summed E-state index contributed by atoms with van der Waals surface area (Å²) in [5.41, 5.74) is 7.86. The lowest BCUT2D eigenvalue weighted by atomic mass is 10.2. The maximum atomic E-state index is 11.6. The summed E-state index contributed by atoms with van der Waals surface area (Å²) in [6.07, 6.45) is 1.15. The molecule has 20 heavy (non-hydrogen) atoms. The fourth-order valence-electron chi connectivity index (χ4n) is 1.87. The van der Waals surface area contributed by atoms with Crippen LogP contribution in [0.2, 0.25) is 0 Å². The smallest absolute Gasteiger partial charge is 0.177 e. The van der Waals surface area contributed by atoms with Gasteiger partial charge < -0.3 is 11.1 Å². The van der Waals surface area contributed by atoms with Gasteiger partial charge in [-0.3, -0.25) is 0 Å². The van der Waals surface area contributed by atoms with Crippen molar-refractivity contribution < 1.29 is 8.42 Å². The maximum Gasteiger partial charge on any atom is 0.177 e. The molecule has 0 radical (unpaired) electrons. The first kappa shape index (κ1) is 14.9. The Hall–Kier alpha value is -1.53. The molecule has 0 amide bonds. The fraction of sp³-hybridized carbons (Fsp3) is 0.143. The van der Waals surface area contributed by atoms with Crippen molar-refractivity contribution in [3.63, 3.8) is 0 Å². The van der Waals surface area contributed by atoms with E-state index < -0.39 is 9.84 Å². The minimum absolute atomic E-state index is 0.150. The van der Waals surface area contributed by atoms with Gasteiger partial charge in [0.25, 0.3) is 0 Å². The molecule has 0 saturated heterocycles. The second-order valence-electron chi connectivity index (χ2n) is 4.47. The molecule has 0 aliphatic carbocycles. The van der Waals surface area contributed by atoms with E-state index in [9.17, 15) is 8.42 Å². The minimum Gasteiger partial charge on any atom is -0.396 e. The third kappa shape index (κ3) is 3.52. The van der Waals surface area contributed by atoms with E-state index in [-0.39, 0.29) is 10.6 Å². The second-order valence-corrected chi connectivity index (χ2v) is 7.37. The minimum atomic E-state index is -3.32. The van der Waals surface area contributed by atoms with Gasteiger partial charge in [0, 0.05) is 17.3 Å². The van der Waals surface area contributed by atoms with Crippen LogP contribution >= 0.6 is 15.9 Å². The van der Waals surface area contributed by atoms with E-state index in [2.05, 4.69) is 21.2 Å². The van der Waals surface area contributed by atoms with Crippen molar-refractivity contribution in [2.24, 2.45) is 0 Å². The Morgan fingerprint density at radius 1 is 1.20 bits per heavy atom. The number of para-hydroxylation sites is 1. The normalized spacial score (nSPS) is 11.3. The van der Waals surface area contributed by atoms with Crippen molar-refractivity contribution >= 4 is 37.1 Å². The number of nitrogens with one attached hydrogen (secondary N) is 1. The van der Waals surface area contributed by atoms with Crippen LogP contribution in [0.4, 0.5) is 11.4 Å². The maximum absolute atomic E-state index is 11.6. The van der Waals surface area contributed by atoms with E-state index in [1.807, 2.05) is 24.3 Å². The first-order valence-electron chi connectivity index (χ1n) is 5.95.